The Morgan fingerprint density at radius 2 is 1.66 bits per heavy atom. The first kappa shape index (κ1) is 17.9. The minimum Gasteiger partial charge on any atom is -0.455 e. The van der Waals surface area contributed by atoms with Crippen LogP contribution in [-0.2, 0) is 12.5 Å². The molecule has 144 valence electrons. The molecular weight excluding hydrogens is 354 g/mol. The number of hydrogen-bond acceptors (Lipinski definition) is 1. The molecule has 0 fully saturated rings. The summed E-state index contributed by atoms with van der Waals surface area (Å²) < 4.78 is 8.69. The first-order chi connectivity index (χ1) is 13.8. The first-order valence-electron chi connectivity index (χ1n) is 10.2. The van der Waals surface area contributed by atoms with Gasteiger partial charge >= 0.3 is 0 Å². The Balaban J connectivity index is 1.91. The molecule has 0 aliphatic heterocycles. The highest BCUT2D eigenvalue weighted by Gasteiger charge is 2.24. The maximum absolute atomic E-state index is 6.49. The molecule has 0 unspecified atom stereocenters. The number of rotatable bonds is 1. The lowest BCUT2D eigenvalue weighted by atomic mass is 9.86. The molecule has 0 amide bonds. The van der Waals surface area contributed by atoms with E-state index >= 15 is 0 Å². The standard InChI is InChI=1S/C27H26NO/c1-17-10-12-21-25-20-9-7-6-8-18(20)11-13-23(25)29-26(21)24(17)22-16-19(27(2,3)4)14-15-28(22)5/h6-16H,1-5H3/q+1. The van der Waals surface area contributed by atoms with Crippen LogP contribution in [0.1, 0.15) is 31.9 Å². The normalized spacial score (nSPS) is 12.3. The Kier molecular flexibility index (Phi) is 3.82. The van der Waals surface area contributed by atoms with Crippen molar-refractivity contribution in [2.24, 2.45) is 7.05 Å². The summed E-state index contributed by atoms with van der Waals surface area (Å²) in [6.07, 6.45) is 2.16. The fourth-order valence-corrected chi connectivity index (χ4v) is 4.31. The topological polar surface area (TPSA) is 17.0 Å². The number of aromatic nitrogens is 1. The van der Waals surface area contributed by atoms with Gasteiger partial charge < -0.3 is 4.42 Å². The van der Waals surface area contributed by atoms with E-state index in [1.54, 1.807) is 0 Å². The molecule has 5 rings (SSSR count). The molecule has 0 spiro atoms. The second kappa shape index (κ2) is 6.18. The van der Waals surface area contributed by atoms with Gasteiger partial charge in [0.1, 0.15) is 18.2 Å². The van der Waals surface area contributed by atoms with E-state index in [0.717, 1.165) is 11.2 Å². The average molecular weight is 381 g/mol. The third-order valence-corrected chi connectivity index (χ3v) is 6.01. The molecule has 2 heterocycles. The number of pyridine rings is 1. The van der Waals surface area contributed by atoms with E-state index < -0.39 is 0 Å². The van der Waals surface area contributed by atoms with Gasteiger partial charge in [0, 0.05) is 22.9 Å². The maximum atomic E-state index is 6.49. The van der Waals surface area contributed by atoms with E-state index in [-0.39, 0.29) is 5.41 Å². The van der Waals surface area contributed by atoms with Gasteiger partial charge in [0.15, 0.2) is 6.20 Å². The van der Waals surface area contributed by atoms with Gasteiger partial charge in [-0.1, -0.05) is 63.2 Å². The molecule has 0 radical (unpaired) electrons. The lowest BCUT2D eigenvalue weighted by Gasteiger charge is -2.19. The highest BCUT2D eigenvalue weighted by molar-refractivity contribution is 6.20. The highest BCUT2D eigenvalue weighted by Crippen LogP contribution is 2.40. The number of furan rings is 1. The van der Waals surface area contributed by atoms with Crippen LogP contribution < -0.4 is 4.57 Å². The van der Waals surface area contributed by atoms with Gasteiger partial charge in [-0.2, -0.15) is 0 Å². The van der Waals surface area contributed by atoms with Crippen LogP contribution in [0, 0.1) is 6.92 Å². The maximum Gasteiger partial charge on any atom is 0.216 e. The smallest absolute Gasteiger partial charge is 0.216 e. The molecule has 0 N–H and O–H groups in total. The highest BCUT2D eigenvalue weighted by atomic mass is 16.3. The van der Waals surface area contributed by atoms with Gasteiger partial charge in [0.2, 0.25) is 5.69 Å². The molecule has 0 bridgehead atoms. The van der Waals surface area contributed by atoms with Crippen LogP contribution in [0.4, 0.5) is 0 Å². The van der Waals surface area contributed by atoms with Crippen molar-refractivity contribution in [3.8, 4) is 11.3 Å². The van der Waals surface area contributed by atoms with Crippen molar-refractivity contribution in [1.82, 2.24) is 0 Å². The van der Waals surface area contributed by atoms with Crippen molar-refractivity contribution in [2.75, 3.05) is 0 Å². The fraction of sp³-hybridized carbons (Fsp3) is 0.222. The van der Waals surface area contributed by atoms with Crippen molar-refractivity contribution in [3.05, 3.63) is 78.0 Å². The predicted molar refractivity (Wildman–Crippen MR) is 121 cm³/mol. The van der Waals surface area contributed by atoms with Crippen LogP contribution in [0.2, 0.25) is 0 Å². The van der Waals surface area contributed by atoms with Crippen molar-refractivity contribution >= 4 is 32.7 Å². The summed E-state index contributed by atoms with van der Waals surface area (Å²) in [7, 11) is 2.11. The summed E-state index contributed by atoms with van der Waals surface area (Å²) in [5.41, 5.74) is 6.92. The summed E-state index contributed by atoms with van der Waals surface area (Å²) in [5, 5.41) is 4.86. The average Bonchev–Trinajstić information content (AvgIpc) is 3.07. The Morgan fingerprint density at radius 1 is 0.862 bits per heavy atom. The van der Waals surface area contributed by atoms with Gasteiger partial charge in [-0.3, -0.25) is 0 Å². The zero-order chi connectivity index (χ0) is 20.3. The Hall–Kier alpha value is -3.13. The quantitative estimate of drug-likeness (QED) is 0.291. The molecule has 0 saturated heterocycles. The van der Waals surface area contributed by atoms with Gasteiger partial charge in [-0.05, 0) is 40.3 Å². The number of aryl methyl sites for hydroxylation is 2. The molecule has 0 aliphatic rings. The van der Waals surface area contributed by atoms with Gasteiger partial charge in [-0.15, -0.1) is 0 Å². The third kappa shape index (κ3) is 2.74. The summed E-state index contributed by atoms with van der Waals surface area (Å²) in [4.78, 5) is 0. The van der Waals surface area contributed by atoms with Crippen molar-refractivity contribution in [1.29, 1.82) is 0 Å². The van der Waals surface area contributed by atoms with Crippen molar-refractivity contribution in [3.63, 3.8) is 0 Å². The van der Waals surface area contributed by atoms with E-state index in [1.807, 2.05) is 0 Å². The lowest BCUT2D eigenvalue weighted by Crippen LogP contribution is -2.32. The molecule has 29 heavy (non-hydrogen) atoms. The second-order valence-corrected chi connectivity index (χ2v) is 9.06. The Labute approximate surface area is 171 Å². The number of benzene rings is 3. The summed E-state index contributed by atoms with van der Waals surface area (Å²) in [5.74, 6) is 0. The molecule has 5 aromatic rings. The third-order valence-electron chi connectivity index (χ3n) is 6.01. The largest absolute Gasteiger partial charge is 0.455 e. The minimum absolute atomic E-state index is 0.0922. The molecule has 2 heteroatoms. The van der Waals surface area contributed by atoms with E-state index in [9.17, 15) is 0 Å². The molecular formula is C27H26NO+. The Morgan fingerprint density at radius 3 is 2.45 bits per heavy atom. The SMILES string of the molecule is Cc1ccc2c(oc3ccc4ccccc4c32)c1-c1cc(C(C)(C)C)cc[n+]1C. The lowest BCUT2D eigenvalue weighted by molar-refractivity contribution is -0.660. The van der Waals surface area contributed by atoms with E-state index in [2.05, 4.69) is 106 Å². The van der Waals surface area contributed by atoms with Crippen LogP contribution in [0.15, 0.2) is 71.3 Å². The van der Waals surface area contributed by atoms with Crippen LogP contribution in [0.3, 0.4) is 0 Å². The van der Waals surface area contributed by atoms with Crippen LogP contribution >= 0.6 is 0 Å². The Bertz CT molecular complexity index is 1400. The number of nitrogens with zero attached hydrogens (tertiary/aromatic N) is 1. The molecule has 2 aromatic heterocycles. The summed E-state index contributed by atoms with van der Waals surface area (Å²) in [6.45, 7) is 8.94. The molecule has 3 aromatic carbocycles. The summed E-state index contributed by atoms with van der Waals surface area (Å²) >= 11 is 0. The zero-order valence-electron chi connectivity index (χ0n) is 17.7. The van der Waals surface area contributed by atoms with Gasteiger partial charge in [0.05, 0.1) is 5.56 Å². The fourth-order valence-electron chi connectivity index (χ4n) is 4.31. The molecule has 2 nitrogen and oxygen atoms in total. The van der Waals surface area contributed by atoms with Crippen molar-refractivity contribution < 1.29 is 8.98 Å². The minimum atomic E-state index is 0.0922. The zero-order valence-corrected chi connectivity index (χ0v) is 17.7. The molecule has 0 atom stereocenters. The van der Waals surface area contributed by atoms with E-state index in [1.165, 1.54) is 43.9 Å². The van der Waals surface area contributed by atoms with Crippen LogP contribution in [0.5, 0.6) is 0 Å². The second-order valence-electron chi connectivity index (χ2n) is 9.06. The monoisotopic (exact) mass is 380 g/mol. The van der Waals surface area contributed by atoms with Gasteiger partial charge in [0.25, 0.3) is 0 Å². The van der Waals surface area contributed by atoms with Gasteiger partial charge in [-0.25, -0.2) is 4.57 Å². The van der Waals surface area contributed by atoms with E-state index in [0.29, 0.717) is 0 Å². The van der Waals surface area contributed by atoms with E-state index in [4.69, 9.17) is 4.42 Å². The number of fused-ring (bicyclic) bond motifs is 5. The number of hydrogen-bond donors (Lipinski definition) is 0. The molecule has 0 aliphatic carbocycles. The van der Waals surface area contributed by atoms with Crippen LogP contribution in [0.25, 0.3) is 44.0 Å². The predicted octanol–water partition coefficient (Wildman–Crippen LogP) is 6.84. The molecule has 0 saturated carbocycles. The van der Waals surface area contributed by atoms with Crippen molar-refractivity contribution in [2.45, 2.75) is 33.1 Å². The first-order valence-corrected chi connectivity index (χ1v) is 10.2. The van der Waals surface area contributed by atoms with Crippen LogP contribution in [-0.4, -0.2) is 0 Å². The summed E-state index contributed by atoms with van der Waals surface area (Å²) in [6, 6.07) is 21.7.